The predicted molar refractivity (Wildman–Crippen MR) is 67.2 cm³/mol. The van der Waals surface area contributed by atoms with Gasteiger partial charge in [0.2, 0.25) is 0 Å². The lowest BCUT2D eigenvalue weighted by atomic mass is 9.94. The summed E-state index contributed by atoms with van der Waals surface area (Å²) in [7, 11) is 1.87. The van der Waals surface area contributed by atoms with Crippen LogP contribution in [-0.4, -0.2) is 23.0 Å². The van der Waals surface area contributed by atoms with Crippen LogP contribution in [0.2, 0.25) is 0 Å². The number of pyridine rings is 1. The van der Waals surface area contributed by atoms with Gasteiger partial charge in [-0.3, -0.25) is 15.1 Å². The average molecular weight is 237 g/mol. The molecule has 1 aromatic rings. The fraction of sp³-hybridized carbons (Fsp3) is 0.583. The molecule has 0 radical (unpaired) electrons. The molecule has 1 rings (SSSR count). The Morgan fingerprint density at radius 3 is 2.65 bits per heavy atom. The van der Waals surface area contributed by atoms with Crippen LogP contribution in [0.15, 0.2) is 12.1 Å². The highest BCUT2D eigenvalue weighted by Crippen LogP contribution is 2.28. The summed E-state index contributed by atoms with van der Waals surface area (Å²) in [5.41, 5.74) is 1.48. The van der Waals surface area contributed by atoms with Crippen molar-refractivity contribution in [3.63, 3.8) is 0 Å². The monoisotopic (exact) mass is 237 g/mol. The SMILES string of the molecule is CCC(NC)C(C)c1nc(C)ccc1[N+](=O)[O-]. The van der Waals surface area contributed by atoms with E-state index in [4.69, 9.17) is 0 Å². The van der Waals surface area contributed by atoms with Gasteiger partial charge in [0.25, 0.3) is 5.69 Å². The molecule has 0 spiro atoms. The zero-order chi connectivity index (χ0) is 13.0. The number of hydrogen-bond donors (Lipinski definition) is 1. The number of nitrogens with one attached hydrogen (secondary N) is 1. The standard InChI is InChI=1S/C12H19N3O2/c1-5-10(13-4)9(3)12-11(15(16)17)7-6-8(2)14-12/h6-7,9-10,13H,5H2,1-4H3. The molecule has 0 aliphatic heterocycles. The maximum absolute atomic E-state index is 11.0. The van der Waals surface area contributed by atoms with Crippen molar-refractivity contribution in [1.29, 1.82) is 0 Å². The van der Waals surface area contributed by atoms with E-state index in [0.717, 1.165) is 12.1 Å². The van der Waals surface area contributed by atoms with Crippen LogP contribution < -0.4 is 5.32 Å². The molecule has 0 bridgehead atoms. The maximum Gasteiger partial charge on any atom is 0.291 e. The molecule has 0 aromatic carbocycles. The molecule has 5 nitrogen and oxygen atoms in total. The quantitative estimate of drug-likeness (QED) is 0.630. The van der Waals surface area contributed by atoms with Gasteiger partial charge in [0.15, 0.2) is 0 Å². The number of likely N-dealkylation sites (N-methyl/N-ethyl adjacent to an activating group) is 1. The van der Waals surface area contributed by atoms with E-state index in [1.807, 2.05) is 20.9 Å². The van der Waals surface area contributed by atoms with E-state index in [0.29, 0.717) is 5.69 Å². The van der Waals surface area contributed by atoms with E-state index < -0.39 is 0 Å². The second-order valence-corrected chi connectivity index (χ2v) is 4.21. The summed E-state index contributed by atoms with van der Waals surface area (Å²) in [6.07, 6.45) is 0.907. The third-order valence-corrected chi connectivity index (χ3v) is 3.08. The molecule has 0 saturated heterocycles. The van der Waals surface area contributed by atoms with Crippen molar-refractivity contribution in [3.05, 3.63) is 33.6 Å². The van der Waals surface area contributed by atoms with Crippen molar-refractivity contribution < 1.29 is 4.92 Å². The molecule has 0 amide bonds. The first kappa shape index (κ1) is 13.6. The van der Waals surface area contributed by atoms with Crippen molar-refractivity contribution in [2.24, 2.45) is 0 Å². The number of nitro groups is 1. The highest BCUT2D eigenvalue weighted by molar-refractivity contribution is 5.39. The third kappa shape index (κ3) is 3.00. The van der Waals surface area contributed by atoms with Gasteiger partial charge in [-0.1, -0.05) is 13.8 Å². The summed E-state index contributed by atoms with van der Waals surface area (Å²) in [4.78, 5) is 15.0. The largest absolute Gasteiger partial charge is 0.316 e. The smallest absolute Gasteiger partial charge is 0.291 e. The molecule has 17 heavy (non-hydrogen) atoms. The summed E-state index contributed by atoms with van der Waals surface area (Å²) in [5, 5.41) is 14.2. The topological polar surface area (TPSA) is 68.1 Å². The number of nitrogens with zero attached hydrogens (tertiary/aromatic N) is 2. The molecule has 0 fully saturated rings. The van der Waals surface area contributed by atoms with Gasteiger partial charge in [0, 0.05) is 23.7 Å². The van der Waals surface area contributed by atoms with Crippen LogP contribution in [-0.2, 0) is 0 Å². The minimum Gasteiger partial charge on any atom is -0.316 e. The van der Waals surface area contributed by atoms with Gasteiger partial charge < -0.3 is 5.32 Å². The lowest BCUT2D eigenvalue weighted by Crippen LogP contribution is -2.30. The molecule has 0 aliphatic rings. The Hall–Kier alpha value is -1.49. The van der Waals surface area contributed by atoms with Crippen LogP contribution in [0.25, 0.3) is 0 Å². The lowest BCUT2D eigenvalue weighted by molar-refractivity contribution is -0.386. The van der Waals surface area contributed by atoms with Crippen molar-refractivity contribution in [3.8, 4) is 0 Å². The molecular weight excluding hydrogens is 218 g/mol. The Morgan fingerprint density at radius 2 is 2.18 bits per heavy atom. The van der Waals surface area contributed by atoms with Crippen molar-refractivity contribution in [2.45, 2.75) is 39.2 Å². The van der Waals surface area contributed by atoms with Gasteiger partial charge >= 0.3 is 0 Å². The molecule has 1 aromatic heterocycles. The van der Waals surface area contributed by atoms with E-state index in [9.17, 15) is 10.1 Å². The Morgan fingerprint density at radius 1 is 1.53 bits per heavy atom. The van der Waals surface area contributed by atoms with Gasteiger partial charge in [-0.05, 0) is 26.5 Å². The van der Waals surface area contributed by atoms with Gasteiger partial charge in [-0.25, -0.2) is 0 Å². The molecule has 1 heterocycles. The summed E-state index contributed by atoms with van der Waals surface area (Å²) in [5.74, 6) is 0.0188. The molecule has 2 unspecified atom stereocenters. The lowest BCUT2D eigenvalue weighted by Gasteiger charge is -2.21. The van der Waals surface area contributed by atoms with Crippen LogP contribution >= 0.6 is 0 Å². The van der Waals surface area contributed by atoms with Crippen molar-refractivity contribution in [1.82, 2.24) is 10.3 Å². The van der Waals surface area contributed by atoms with Gasteiger partial charge in [0.05, 0.1) is 4.92 Å². The van der Waals surface area contributed by atoms with Crippen LogP contribution in [0.5, 0.6) is 0 Å². The Kier molecular flexibility index (Phi) is 4.57. The van der Waals surface area contributed by atoms with Crippen molar-refractivity contribution >= 4 is 5.69 Å². The van der Waals surface area contributed by atoms with Crippen LogP contribution in [0.4, 0.5) is 5.69 Å². The molecule has 94 valence electrons. The second-order valence-electron chi connectivity index (χ2n) is 4.21. The average Bonchev–Trinajstić information content (AvgIpc) is 2.29. The number of hydrogen-bond acceptors (Lipinski definition) is 4. The van der Waals surface area contributed by atoms with E-state index in [-0.39, 0.29) is 22.6 Å². The second kappa shape index (κ2) is 5.72. The third-order valence-electron chi connectivity index (χ3n) is 3.08. The number of aromatic nitrogens is 1. The summed E-state index contributed by atoms with van der Waals surface area (Å²) in [6.45, 7) is 5.87. The first-order chi connectivity index (χ1) is 8.01. The minimum atomic E-state index is -0.360. The van der Waals surface area contributed by atoms with Crippen molar-refractivity contribution in [2.75, 3.05) is 7.05 Å². The predicted octanol–water partition coefficient (Wildman–Crippen LogP) is 2.40. The normalized spacial score (nSPS) is 14.4. The summed E-state index contributed by atoms with van der Waals surface area (Å²) >= 11 is 0. The fourth-order valence-corrected chi connectivity index (χ4v) is 2.06. The van der Waals surface area contributed by atoms with Crippen LogP contribution in [0.3, 0.4) is 0 Å². The van der Waals surface area contributed by atoms with Gasteiger partial charge in [-0.15, -0.1) is 0 Å². The zero-order valence-electron chi connectivity index (χ0n) is 10.7. The molecule has 2 atom stereocenters. The Labute approximate surface area is 101 Å². The highest BCUT2D eigenvalue weighted by atomic mass is 16.6. The van der Waals surface area contributed by atoms with E-state index >= 15 is 0 Å². The Bertz CT molecular complexity index is 403. The van der Waals surface area contributed by atoms with Crippen LogP contribution in [0, 0.1) is 17.0 Å². The first-order valence-electron chi connectivity index (χ1n) is 5.80. The molecule has 5 heteroatoms. The summed E-state index contributed by atoms with van der Waals surface area (Å²) in [6, 6.07) is 3.41. The fourth-order valence-electron chi connectivity index (χ4n) is 2.06. The van der Waals surface area contributed by atoms with E-state index in [1.54, 1.807) is 6.07 Å². The molecule has 0 aliphatic carbocycles. The van der Waals surface area contributed by atoms with E-state index in [1.165, 1.54) is 6.07 Å². The highest BCUT2D eigenvalue weighted by Gasteiger charge is 2.25. The summed E-state index contributed by atoms with van der Waals surface area (Å²) < 4.78 is 0. The van der Waals surface area contributed by atoms with Gasteiger partial charge in [0.1, 0.15) is 5.69 Å². The van der Waals surface area contributed by atoms with E-state index in [2.05, 4.69) is 17.2 Å². The molecule has 1 N–H and O–H groups in total. The zero-order valence-corrected chi connectivity index (χ0v) is 10.7. The number of rotatable bonds is 5. The van der Waals surface area contributed by atoms with Gasteiger partial charge in [-0.2, -0.15) is 0 Å². The first-order valence-corrected chi connectivity index (χ1v) is 5.80. The maximum atomic E-state index is 11.0. The Balaban J connectivity index is 3.18. The number of aryl methyl sites for hydroxylation is 1. The minimum absolute atomic E-state index is 0.0188. The molecular formula is C12H19N3O2. The van der Waals surface area contributed by atoms with Crippen LogP contribution in [0.1, 0.15) is 37.6 Å². The molecule has 0 saturated carbocycles.